The second-order valence-electron chi connectivity index (χ2n) is 7.76. The van der Waals surface area contributed by atoms with Crippen LogP contribution in [0.15, 0.2) is 52.1 Å². The van der Waals surface area contributed by atoms with Crippen molar-refractivity contribution >= 4 is 17.6 Å². The van der Waals surface area contributed by atoms with Crippen LogP contribution in [-0.2, 0) is 5.75 Å². The number of benzene rings is 2. The number of aliphatic hydroxyl groups excluding tert-OH is 1. The molecule has 0 spiro atoms. The summed E-state index contributed by atoms with van der Waals surface area (Å²) in [7, 11) is 0. The molecule has 11 heteroatoms. The van der Waals surface area contributed by atoms with Crippen LogP contribution < -0.4 is 10.5 Å². The quantitative estimate of drug-likeness (QED) is 0.308. The lowest BCUT2D eigenvalue weighted by molar-refractivity contribution is 0.196. The third kappa shape index (κ3) is 5.38. The van der Waals surface area contributed by atoms with E-state index in [1.165, 1.54) is 24.5 Å². The zero-order valence-corrected chi connectivity index (χ0v) is 20.3. The number of anilines is 1. The average Bonchev–Trinajstić information content (AvgIpc) is 3.37. The van der Waals surface area contributed by atoms with Gasteiger partial charge in [-0.15, -0.1) is 0 Å². The van der Waals surface area contributed by atoms with Crippen molar-refractivity contribution in [2.24, 2.45) is 0 Å². The molecule has 0 aliphatic rings. The van der Waals surface area contributed by atoms with Crippen LogP contribution in [-0.4, -0.2) is 28.3 Å². The van der Waals surface area contributed by atoms with E-state index in [0.717, 1.165) is 17.8 Å². The SMILES string of the molecule is Cc1cc(-c2nc(CSc3nc(N)c(C#N)c(-c4ccc(OCCO)c(F)c4)c3C#N)co2)ccc1F. The second-order valence-corrected chi connectivity index (χ2v) is 8.73. The van der Waals surface area contributed by atoms with Crippen molar-refractivity contribution in [2.75, 3.05) is 18.9 Å². The molecule has 0 saturated heterocycles. The van der Waals surface area contributed by atoms with Crippen LogP contribution >= 0.6 is 11.8 Å². The predicted octanol–water partition coefficient (Wildman–Crippen LogP) is 4.98. The Bertz CT molecular complexity index is 1560. The van der Waals surface area contributed by atoms with Gasteiger partial charge in [0, 0.05) is 16.9 Å². The maximum absolute atomic E-state index is 14.6. The second kappa shape index (κ2) is 11.1. The lowest BCUT2D eigenvalue weighted by Crippen LogP contribution is -2.05. The fourth-order valence-corrected chi connectivity index (χ4v) is 4.42. The molecule has 0 unspecified atom stereocenters. The van der Waals surface area contributed by atoms with Gasteiger partial charge in [0.15, 0.2) is 11.6 Å². The number of halogens is 2. The molecule has 0 bridgehead atoms. The minimum absolute atomic E-state index is 0.0528. The Hall–Kier alpha value is -4.45. The number of hydrogen-bond donors (Lipinski definition) is 2. The standard InChI is InChI=1S/C26H19F2N5O3S/c1-14-8-16(2-4-20(14)27)25-32-17(12-36-25)13-37-26-19(11-30)23(18(10-29)24(31)33-26)15-3-5-22(21(28)9-15)35-7-6-34/h2-5,8-9,12,34H,6-7,13H2,1H3,(H2,31,33). The summed E-state index contributed by atoms with van der Waals surface area (Å²) >= 11 is 1.15. The average molecular weight is 520 g/mol. The number of nitrogens with two attached hydrogens (primary N) is 1. The highest BCUT2D eigenvalue weighted by Crippen LogP contribution is 2.38. The lowest BCUT2D eigenvalue weighted by atomic mass is 9.96. The summed E-state index contributed by atoms with van der Waals surface area (Å²) in [4.78, 5) is 8.65. The molecule has 0 saturated carbocycles. The Labute approximate surface area is 215 Å². The smallest absolute Gasteiger partial charge is 0.226 e. The van der Waals surface area contributed by atoms with Gasteiger partial charge in [0.25, 0.3) is 0 Å². The van der Waals surface area contributed by atoms with Crippen LogP contribution in [0.4, 0.5) is 14.6 Å². The van der Waals surface area contributed by atoms with E-state index in [4.69, 9.17) is 20.0 Å². The van der Waals surface area contributed by atoms with Gasteiger partial charge in [-0.2, -0.15) is 10.5 Å². The van der Waals surface area contributed by atoms with Gasteiger partial charge < -0.3 is 20.0 Å². The van der Waals surface area contributed by atoms with Crippen LogP contribution in [0, 0.1) is 41.2 Å². The Kier molecular flexibility index (Phi) is 7.68. The minimum Gasteiger partial charge on any atom is -0.488 e. The fraction of sp³-hybridized carbons (Fsp3) is 0.154. The van der Waals surface area contributed by atoms with Crippen molar-refractivity contribution < 1.29 is 23.0 Å². The summed E-state index contributed by atoms with van der Waals surface area (Å²) < 4.78 is 38.9. The molecule has 2 heterocycles. The summed E-state index contributed by atoms with van der Waals surface area (Å²) in [6.45, 7) is 1.27. The van der Waals surface area contributed by atoms with E-state index >= 15 is 0 Å². The first kappa shape index (κ1) is 25.6. The first-order valence-electron chi connectivity index (χ1n) is 10.9. The van der Waals surface area contributed by atoms with E-state index in [0.29, 0.717) is 22.7 Å². The molecule has 0 aliphatic carbocycles. The van der Waals surface area contributed by atoms with E-state index in [2.05, 4.69) is 16.0 Å². The molecule has 8 nitrogen and oxygen atoms in total. The number of pyridine rings is 1. The zero-order chi connectivity index (χ0) is 26.5. The fourth-order valence-electron chi connectivity index (χ4n) is 3.55. The Morgan fingerprint density at radius 1 is 1.05 bits per heavy atom. The summed E-state index contributed by atoms with van der Waals surface area (Å²) in [5.74, 6) is -0.686. The van der Waals surface area contributed by atoms with Crippen molar-refractivity contribution in [1.29, 1.82) is 10.5 Å². The van der Waals surface area contributed by atoms with Crippen LogP contribution in [0.2, 0.25) is 0 Å². The zero-order valence-electron chi connectivity index (χ0n) is 19.5. The van der Waals surface area contributed by atoms with Crippen molar-refractivity contribution in [2.45, 2.75) is 17.7 Å². The van der Waals surface area contributed by atoms with Gasteiger partial charge >= 0.3 is 0 Å². The largest absolute Gasteiger partial charge is 0.488 e. The highest BCUT2D eigenvalue weighted by atomic mass is 32.2. The molecule has 4 rings (SSSR count). The predicted molar refractivity (Wildman–Crippen MR) is 132 cm³/mol. The van der Waals surface area contributed by atoms with Gasteiger partial charge in [0.2, 0.25) is 5.89 Å². The van der Waals surface area contributed by atoms with E-state index in [9.17, 15) is 19.3 Å². The van der Waals surface area contributed by atoms with E-state index in [-0.39, 0.29) is 63.6 Å². The van der Waals surface area contributed by atoms with Crippen LogP contribution in [0.1, 0.15) is 22.4 Å². The maximum Gasteiger partial charge on any atom is 0.226 e. The van der Waals surface area contributed by atoms with Gasteiger partial charge in [-0.1, -0.05) is 17.8 Å². The number of aromatic nitrogens is 2. The number of rotatable bonds is 8. The van der Waals surface area contributed by atoms with E-state index in [1.807, 2.05) is 6.07 Å². The summed E-state index contributed by atoms with van der Waals surface area (Å²) in [6, 6.07) is 12.5. The molecule has 0 fully saturated rings. The Balaban J connectivity index is 1.66. The molecule has 0 aliphatic heterocycles. The number of nitrogen functional groups attached to an aromatic ring is 1. The number of hydrogen-bond acceptors (Lipinski definition) is 9. The minimum atomic E-state index is -0.727. The number of nitrogens with zero attached hydrogens (tertiary/aromatic N) is 4. The van der Waals surface area contributed by atoms with Crippen molar-refractivity contribution in [3.8, 4) is 40.5 Å². The first-order chi connectivity index (χ1) is 17.9. The summed E-state index contributed by atoms with van der Waals surface area (Å²) in [5.41, 5.74) is 8.03. The van der Waals surface area contributed by atoms with Gasteiger partial charge in [-0.25, -0.2) is 18.7 Å². The number of thioether (sulfide) groups is 1. The van der Waals surface area contributed by atoms with Crippen molar-refractivity contribution in [3.63, 3.8) is 0 Å². The molecule has 0 amide bonds. The lowest BCUT2D eigenvalue weighted by Gasteiger charge is -2.14. The number of aryl methyl sites for hydroxylation is 1. The highest BCUT2D eigenvalue weighted by Gasteiger charge is 2.22. The van der Waals surface area contributed by atoms with Crippen LogP contribution in [0.5, 0.6) is 5.75 Å². The topological polar surface area (TPSA) is 142 Å². The monoisotopic (exact) mass is 519 g/mol. The molecule has 0 radical (unpaired) electrons. The third-order valence-electron chi connectivity index (χ3n) is 5.30. The molecule has 3 N–H and O–H groups in total. The molecule has 37 heavy (non-hydrogen) atoms. The number of ether oxygens (including phenoxy) is 1. The summed E-state index contributed by atoms with van der Waals surface area (Å²) in [6.07, 6.45) is 1.45. The molecule has 2 aromatic heterocycles. The van der Waals surface area contributed by atoms with Gasteiger partial charge in [0.05, 0.1) is 17.9 Å². The van der Waals surface area contributed by atoms with Crippen LogP contribution in [0.3, 0.4) is 0 Å². The molecule has 186 valence electrons. The van der Waals surface area contributed by atoms with E-state index < -0.39 is 5.82 Å². The maximum atomic E-state index is 14.6. The third-order valence-corrected chi connectivity index (χ3v) is 6.31. The molecular formula is C26H19F2N5O3S. The highest BCUT2D eigenvalue weighted by molar-refractivity contribution is 7.98. The molecule has 4 aromatic rings. The number of aliphatic hydroxyl groups is 1. The summed E-state index contributed by atoms with van der Waals surface area (Å²) in [5, 5.41) is 28.8. The molecule has 2 aromatic carbocycles. The van der Waals surface area contributed by atoms with Gasteiger partial charge in [-0.3, -0.25) is 0 Å². The number of oxazole rings is 1. The van der Waals surface area contributed by atoms with Crippen molar-refractivity contribution in [3.05, 3.63) is 76.7 Å². The Morgan fingerprint density at radius 2 is 1.81 bits per heavy atom. The normalized spacial score (nSPS) is 10.6. The first-order valence-corrected chi connectivity index (χ1v) is 11.9. The van der Waals surface area contributed by atoms with Crippen LogP contribution in [0.25, 0.3) is 22.6 Å². The van der Waals surface area contributed by atoms with Gasteiger partial charge in [0.1, 0.15) is 47.2 Å². The molecular weight excluding hydrogens is 500 g/mol. The number of nitriles is 2. The van der Waals surface area contributed by atoms with E-state index in [1.54, 1.807) is 19.1 Å². The van der Waals surface area contributed by atoms with Gasteiger partial charge in [-0.05, 0) is 48.4 Å². The van der Waals surface area contributed by atoms with Crippen molar-refractivity contribution in [1.82, 2.24) is 9.97 Å². The Morgan fingerprint density at radius 3 is 2.49 bits per heavy atom. The molecule has 0 atom stereocenters.